The van der Waals surface area contributed by atoms with Crippen molar-refractivity contribution in [1.29, 1.82) is 0 Å². The maximum absolute atomic E-state index is 5.82. The van der Waals surface area contributed by atoms with Crippen LogP contribution in [0.2, 0.25) is 0 Å². The minimum absolute atomic E-state index is 0.638. The van der Waals surface area contributed by atoms with Crippen molar-refractivity contribution in [2.24, 2.45) is 0 Å². The summed E-state index contributed by atoms with van der Waals surface area (Å²) >= 11 is 0. The van der Waals surface area contributed by atoms with Gasteiger partial charge in [-0.2, -0.15) is 0 Å². The molecule has 0 amide bonds. The van der Waals surface area contributed by atoms with Gasteiger partial charge in [0.2, 0.25) is 0 Å². The zero-order valence-corrected chi connectivity index (χ0v) is 8.47. The topological polar surface area (TPSA) is 48.1 Å². The van der Waals surface area contributed by atoms with E-state index in [9.17, 15) is 0 Å². The lowest BCUT2D eigenvalue weighted by atomic mass is 10.1. The van der Waals surface area contributed by atoms with Crippen molar-refractivity contribution in [2.45, 2.75) is 0 Å². The third kappa shape index (κ3) is 1.91. The minimum atomic E-state index is 0.638. The van der Waals surface area contributed by atoms with Gasteiger partial charge in [-0.15, -0.1) is 0 Å². The normalized spacial score (nSPS) is 9.93. The van der Waals surface area contributed by atoms with Gasteiger partial charge in [0, 0.05) is 18.0 Å². The Labute approximate surface area is 88.5 Å². The van der Waals surface area contributed by atoms with Gasteiger partial charge in [0.15, 0.2) is 0 Å². The fraction of sp³-hybridized carbons (Fsp3) is 0.0833. The number of ether oxygens (including phenoxy) is 1. The van der Waals surface area contributed by atoms with Crippen molar-refractivity contribution < 1.29 is 4.74 Å². The van der Waals surface area contributed by atoms with Gasteiger partial charge in [-0.1, -0.05) is 12.1 Å². The van der Waals surface area contributed by atoms with E-state index in [4.69, 9.17) is 10.5 Å². The van der Waals surface area contributed by atoms with Crippen LogP contribution in [0.1, 0.15) is 0 Å². The molecule has 0 fully saturated rings. The van der Waals surface area contributed by atoms with E-state index < -0.39 is 0 Å². The van der Waals surface area contributed by atoms with Gasteiger partial charge < -0.3 is 10.5 Å². The van der Waals surface area contributed by atoms with Gasteiger partial charge in [0.1, 0.15) is 5.75 Å². The van der Waals surface area contributed by atoms with Crippen LogP contribution in [0.4, 0.5) is 5.69 Å². The first-order chi connectivity index (χ1) is 7.31. The van der Waals surface area contributed by atoms with E-state index in [0.717, 1.165) is 11.1 Å². The Morgan fingerprint density at radius 1 is 1.20 bits per heavy atom. The average Bonchev–Trinajstić information content (AvgIpc) is 2.30. The Kier molecular flexibility index (Phi) is 2.54. The fourth-order valence-electron chi connectivity index (χ4n) is 1.45. The average molecular weight is 200 g/mol. The number of hydrogen-bond acceptors (Lipinski definition) is 3. The summed E-state index contributed by atoms with van der Waals surface area (Å²) < 4.78 is 5.10. The Balaban J connectivity index is 2.43. The summed E-state index contributed by atoms with van der Waals surface area (Å²) in [5, 5.41) is 0. The number of nitrogen functional groups attached to an aromatic ring is 1. The van der Waals surface area contributed by atoms with Gasteiger partial charge >= 0.3 is 0 Å². The van der Waals surface area contributed by atoms with E-state index in [1.165, 1.54) is 0 Å². The van der Waals surface area contributed by atoms with E-state index in [1.807, 2.05) is 30.3 Å². The number of pyridine rings is 1. The molecule has 0 aliphatic carbocycles. The molecule has 3 nitrogen and oxygen atoms in total. The Hall–Kier alpha value is -2.03. The Morgan fingerprint density at radius 3 is 2.67 bits per heavy atom. The number of benzene rings is 1. The Morgan fingerprint density at radius 2 is 2.07 bits per heavy atom. The molecule has 3 heteroatoms. The largest absolute Gasteiger partial charge is 0.495 e. The molecule has 1 aromatic carbocycles. The summed E-state index contributed by atoms with van der Waals surface area (Å²) in [7, 11) is 1.61. The third-order valence-corrected chi connectivity index (χ3v) is 2.22. The smallest absolute Gasteiger partial charge is 0.141 e. The van der Waals surface area contributed by atoms with E-state index in [2.05, 4.69) is 4.98 Å². The predicted molar refractivity (Wildman–Crippen MR) is 60.6 cm³/mol. The van der Waals surface area contributed by atoms with E-state index in [1.54, 1.807) is 19.5 Å². The number of nitrogens with zero attached hydrogens (tertiary/aromatic N) is 1. The number of anilines is 1. The second-order valence-electron chi connectivity index (χ2n) is 3.20. The SMILES string of the molecule is COc1ccc(-c2cccnc2)cc1N. The molecule has 0 bridgehead atoms. The molecule has 1 heterocycles. The monoisotopic (exact) mass is 200 g/mol. The quantitative estimate of drug-likeness (QED) is 0.757. The molecule has 0 spiro atoms. The highest BCUT2D eigenvalue weighted by atomic mass is 16.5. The molecule has 0 saturated carbocycles. The molecule has 0 unspecified atom stereocenters. The van der Waals surface area contributed by atoms with Crippen LogP contribution in [0.15, 0.2) is 42.7 Å². The van der Waals surface area contributed by atoms with Crippen LogP contribution in [-0.2, 0) is 0 Å². The van der Waals surface area contributed by atoms with E-state index in [-0.39, 0.29) is 0 Å². The molecule has 0 saturated heterocycles. The second-order valence-corrected chi connectivity index (χ2v) is 3.20. The predicted octanol–water partition coefficient (Wildman–Crippen LogP) is 2.34. The van der Waals surface area contributed by atoms with Crippen LogP contribution in [-0.4, -0.2) is 12.1 Å². The number of methoxy groups -OCH3 is 1. The summed E-state index contributed by atoms with van der Waals surface area (Å²) in [6.07, 6.45) is 3.55. The highest BCUT2D eigenvalue weighted by Gasteiger charge is 2.02. The zero-order chi connectivity index (χ0) is 10.7. The second kappa shape index (κ2) is 4.00. The molecular formula is C12H12N2O. The van der Waals surface area contributed by atoms with Gasteiger partial charge in [-0.3, -0.25) is 4.98 Å². The molecule has 15 heavy (non-hydrogen) atoms. The first-order valence-corrected chi connectivity index (χ1v) is 4.65. The van der Waals surface area contributed by atoms with Crippen molar-refractivity contribution in [2.75, 3.05) is 12.8 Å². The van der Waals surface area contributed by atoms with Crippen LogP contribution in [0, 0.1) is 0 Å². The zero-order valence-electron chi connectivity index (χ0n) is 8.47. The summed E-state index contributed by atoms with van der Waals surface area (Å²) in [4.78, 5) is 4.06. The molecule has 0 atom stereocenters. The van der Waals surface area contributed by atoms with Gasteiger partial charge in [0.25, 0.3) is 0 Å². The highest BCUT2D eigenvalue weighted by molar-refractivity contribution is 5.69. The molecule has 0 aliphatic rings. The third-order valence-electron chi connectivity index (χ3n) is 2.22. The highest BCUT2D eigenvalue weighted by Crippen LogP contribution is 2.27. The number of aromatic nitrogens is 1. The first kappa shape index (κ1) is 9.52. The summed E-state index contributed by atoms with van der Waals surface area (Å²) in [5.41, 5.74) is 8.55. The number of rotatable bonds is 2. The Bertz CT molecular complexity index is 454. The summed E-state index contributed by atoms with van der Waals surface area (Å²) in [6, 6.07) is 9.60. The summed E-state index contributed by atoms with van der Waals surface area (Å²) in [6.45, 7) is 0. The van der Waals surface area contributed by atoms with Crippen molar-refractivity contribution >= 4 is 5.69 Å². The van der Waals surface area contributed by atoms with Crippen LogP contribution in [0.3, 0.4) is 0 Å². The lowest BCUT2D eigenvalue weighted by Crippen LogP contribution is -1.92. The van der Waals surface area contributed by atoms with Crippen LogP contribution < -0.4 is 10.5 Å². The van der Waals surface area contributed by atoms with Crippen LogP contribution >= 0.6 is 0 Å². The minimum Gasteiger partial charge on any atom is -0.495 e. The lowest BCUT2D eigenvalue weighted by Gasteiger charge is -2.06. The van der Waals surface area contributed by atoms with Crippen molar-refractivity contribution in [3.8, 4) is 16.9 Å². The van der Waals surface area contributed by atoms with Crippen LogP contribution in [0.5, 0.6) is 5.75 Å². The molecule has 76 valence electrons. The first-order valence-electron chi connectivity index (χ1n) is 4.65. The van der Waals surface area contributed by atoms with Crippen molar-refractivity contribution in [3.63, 3.8) is 0 Å². The van der Waals surface area contributed by atoms with Crippen LogP contribution in [0.25, 0.3) is 11.1 Å². The number of hydrogen-bond donors (Lipinski definition) is 1. The van der Waals surface area contributed by atoms with E-state index >= 15 is 0 Å². The maximum Gasteiger partial charge on any atom is 0.141 e. The molecule has 0 radical (unpaired) electrons. The lowest BCUT2D eigenvalue weighted by molar-refractivity contribution is 0.417. The maximum atomic E-state index is 5.82. The standard InChI is InChI=1S/C12H12N2O/c1-15-12-5-4-9(7-11(12)13)10-3-2-6-14-8-10/h2-8H,13H2,1H3. The molecule has 2 rings (SSSR count). The van der Waals surface area contributed by atoms with E-state index in [0.29, 0.717) is 11.4 Å². The van der Waals surface area contributed by atoms with Gasteiger partial charge in [0.05, 0.1) is 12.8 Å². The van der Waals surface area contributed by atoms with Crippen molar-refractivity contribution in [3.05, 3.63) is 42.7 Å². The van der Waals surface area contributed by atoms with Gasteiger partial charge in [-0.05, 0) is 23.8 Å². The summed E-state index contributed by atoms with van der Waals surface area (Å²) in [5.74, 6) is 0.697. The fourth-order valence-corrected chi connectivity index (χ4v) is 1.45. The van der Waals surface area contributed by atoms with Gasteiger partial charge in [-0.25, -0.2) is 0 Å². The molecule has 1 aromatic heterocycles. The molecule has 0 aliphatic heterocycles. The molecular weight excluding hydrogens is 188 g/mol. The van der Waals surface area contributed by atoms with Crippen molar-refractivity contribution in [1.82, 2.24) is 4.98 Å². The molecule has 2 aromatic rings. The number of nitrogens with two attached hydrogens (primary N) is 1. The molecule has 2 N–H and O–H groups in total.